The van der Waals surface area contributed by atoms with Gasteiger partial charge in [0.1, 0.15) is 11.6 Å². The monoisotopic (exact) mass is 477 g/mol. The van der Waals surface area contributed by atoms with Crippen LogP contribution < -0.4 is 21.2 Å². The maximum absolute atomic E-state index is 15.0. The topological polar surface area (TPSA) is 3.24 Å². The van der Waals surface area contributed by atoms with Crippen molar-refractivity contribution in [2.24, 2.45) is 0 Å². The highest BCUT2D eigenvalue weighted by molar-refractivity contribution is 7.75. The van der Waals surface area contributed by atoms with Crippen molar-refractivity contribution in [3.05, 3.63) is 121 Å². The van der Waals surface area contributed by atoms with Crippen molar-refractivity contribution in [3.63, 3.8) is 0 Å². The summed E-state index contributed by atoms with van der Waals surface area (Å²) in [6.45, 7) is 4.33. The number of nitrogens with zero attached hydrogens (tertiary/aromatic N) is 1. The third-order valence-electron chi connectivity index (χ3n) is 5.43. The van der Waals surface area contributed by atoms with Crippen molar-refractivity contribution in [3.8, 4) is 0 Å². The van der Waals surface area contributed by atoms with Crippen molar-refractivity contribution in [2.75, 3.05) is 6.29 Å². The summed E-state index contributed by atoms with van der Waals surface area (Å²) in [5.41, 5.74) is 0. The first-order chi connectivity index (χ1) is 16.1. The van der Waals surface area contributed by atoms with Crippen LogP contribution in [0.5, 0.6) is 0 Å². The Labute approximate surface area is 197 Å². The first-order valence-electron chi connectivity index (χ1n) is 11.0. The van der Waals surface area contributed by atoms with E-state index >= 15 is 8.78 Å². The average molecular weight is 477 g/mol. The van der Waals surface area contributed by atoms with Gasteiger partial charge in [-0.05, 0) is 44.5 Å². The number of hydrogen-bond acceptors (Lipinski definition) is 1. The van der Waals surface area contributed by atoms with Crippen LogP contribution in [-0.2, 0) is 0 Å². The van der Waals surface area contributed by atoms with Crippen molar-refractivity contribution in [1.82, 2.24) is 4.67 Å². The predicted octanol–water partition coefficient (Wildman–Crippen LogP) is 6.11. The van der Waals surface area contributed by atoms with Gasteiger partial charge in [0.15, 0.2) is 0 Å². The van der Waals surface area contributed by atoms with Crippen LogP contribution in [0.2, 0.25) is 0 Å². The van der Waals surface area contributed by atoms with E-state index in [-0.39, 0.29) is 17.7 Å². The van der Waals surface area contributed by atoms with Gasteiger partial charge in [0.25, 0.3) is 0 Å². The highest BCUT2D eigenvalue weighted by Crippen LogP contribution is 2.47. The van der Waals surface area contributed by atoms with Gasteiger partial charge in [-0.2, -0.15) is 0 Å². The molecule has 0 fully saturated rings. The van der Waals surface area contributed by atoms with Crippen LogP contribution >= 0.6 is 16.0 Å². The quantitative estimate of drug-likeness (QED) is 0.277. The molecule has 0 saturated heterocycles. The molecule has 0 amide bonds. The zero-order valence-electron chi connectivity index (χ0n) is 18.8. The van der Waals surface area contributed by atoms with Gasteiger partial charge in [0, 0.05) is 31.0 Å². The van der Waals surface area contributed by atoms with Gasteiger partial charge in [-0.25, -0.2) is 8.78 Å². The van der Waals surface area contributed by atoms with Crippen molar-refractivity contribution >= 4 is 37.2 Å². The molecule has 0 atom stereocenters. The lowest BCUT2D eigenvalue weighted by atomic mass is 10.3. The average Bonchev–Trinajstić information content (AvgIpc) is 2.84. The van der Waals surface area contributed by atoms with E-state index in [9.17, 15) is 0 Å². The second-order valence-corrected chi connectivity index (χ2v) is 12.3. The van der Waals surface area contributed by atoms with Gasteiger partial charge >= 0.3 is 0 Å². The van der Waals surface area contributed by atoms with Crippen LogP contribution in [0.3, 0.4) is 0 Å². The number of benzene rings is 4. The van der Waals surface area contributed by atoms with Crippen LogP contribution in [0.25, 0.3) is 0 Å². The molecule has 0 aliphatic heterocycles. The minimum Gasteiger partial charge on any atom is -0.267 e. The minimum absolute atomic E-state index is 0.181. The fourth-order valence-electron chi connectivity index (χ4n) is 3.81. The number of hydrogen-bond donors (Lipinski definition) is 0. The fourth-order valence-corrected chi connectivity index (χ4v) is 9.34. The molecule has 0 aliphatic rings. The molecule has 0 radical (unpaired) electrons. The van der Waals surface area contributed by atoms with Gasteiger partial charge in [-0.15, -0.1) is 0 Å². The molecule has 0 unspecified atom stereocenters. The van der Waals surface area contributed by atoms with Crippen LogP contribution in [-0.4, -0.2) is 17.0 Å². The van der Waals surface area contributed by atoms with E-state index in [2.05, 4.69) is 67.0 Å². The van der Waals surface area contributed by atoms with E-state index in [4.69, 9.17) is 0 Å². The molecule has 0 spiro atoms. The van der Waals surface area contributed by atoms with E-state index in [1.807, 2.05) is 24.3 Å². The summed E-state index contributed by atoms with van der Waals surface area (Å²) in [7, 11) is -2.17. The van der Waals surface area contributed by atoms with E-state index in [1.165, 1.54) is 22.7 Å². The van der Waals surface area contributed by atoms with Gasteiger partial charge in [-0.1, -0.05) is 97.1 Å². The SMILES string of the molecule is CC(C)N(CP(c1ccccc1F)c1ccccc1F)P(c1ccccc1)c1ccccc1. The lowest BCUT2D eigenvalue weighted by molar-refractivity contribution is 0.443. The molecule has 0 bridgehead atoms. The van der Waals surface area contributed by atoms with E-state index < -0.39 is 16.0 Å². The second kappa shape index (κ2) is 11.1. The zero-order chi connectivity index (χ0) is 23.2. The maximum Gasteiger partial charge on any atom is 0.131 e. The molecule has 5 heteroatoms. The van der Waals surface area contributed by atoms with Gasteiger partial charge in [0.2, 0.25) is 0 Å². The van der Waals surface area contributed by atoms with Crippen molar-refractivity contribution < 1.29 is 8.78 Å². The Bertz CT molecular complexity index is 1080. The second-order valence-electron chi connectivity index (χ2n) is 7.99. The maximum atomic E-state index is 15.0. The number of halogens is 2. The minimum atomic E-state index is -1.29. The lowest BCUT2D eigenvalue weighted by Gasteiger charge is -2.38. The summed E-state index contributed by atoms with van der Waals surface area (Å²) in [5, 5.41) is 3.62. The highest BCUT2D eigenvalue weighted by Gasteiger charge is 2.30. The Kier molecular flexibility index (Phi) is 7.99. The molecule has 168 valence electrons. The lowest BCUT2D eigenvalue weighted by Crippen LogP contribution is -2.36. The summed E-state index contributed by atoms with van der Waals surface area (Å²) >= 11 is 0. The summed E-state index contributed by atoms with van der Waals surface area (Å²) in [4.78, 5) is 0. The van der Waals surface area contributed by atoms with Gasteiger partial charge < -0.3 is 0 Å². The van der Waals surface area contributed by atoms with Crippen molar-refractivity contribution in [2.45, 2.75) is 19.9 Å². The normalized spacial score (nSPS) is 11.6. The van der Waals surface area contributed by atoms with Crippen LogP contribution in [0.15, 0.2) is 109 Å². The van der Waals surface area contributed by atoms with Crippen LogP contribution in [0.4, 0.5) is 8.78 Å². The third kappa shape index (κ3) is 5.56. The molecule has 0 heterocycles. The summed E-state index contributed by atoms with van der Waals surface area (Å²) in [6, 6.07) is 34.7. The summed E-state index contributed by atoms with van der Waals surface area (Å²) in [5.74, 6) is -0.557. The molecule has 0 aliphatic carbocycles. The summed E-state index contributed by atoms with van der Waals surface area (Å²) in [6.07, 6.45) is 0.560. The third-order valence-corrected chi connectivity index (χ3v) is 10.8. The van der Waals surface area contributed by atoms with Crippen LogP contribution in [0, 0.1) is 11.6 Å². The Morgan fingerprint density at radius 1 is 0.606 bits per heavy atom. The molecular formula is C28H27F2NP2. The molecule has 0 aromatic heterocycles. The zero-order valence-corrected chi connectivity index (χ0v) is 20.6. The Hall–Kier alpha value is -2.44. The Morgan fingerprint density at radius 3 is 1.39 bits per heavy atom. The first kappa shape index (κ1) is 23.7. The number of rotatable bonds is 8. The van der Waals surface area contributed by atoms with Crippen molar-refractivity contribution in [1.29, 1.82) is 0 Å². The molecule has 1 nitrogen and oxygen atoms in total. The Balaban J connectivity index is 1.84. The standard InChI is InChI=1S/C28H27F2NP2/c1-22(2)31(33(23-13-5-3-6-14-23)24-15-7-4-8-16-24)21-32(27-19-11-9-17-25(27)29)28-20-12-10-18-26(28)30/h3-20,22H,21H2,1-2H3. The smallest absolute Gasteiger partial charge is 0.131 e. The molecule has 33 heavy (non-hydrogen) atoms. The largest absolute Gasteiger partial charge is 0.267 e. The van der Waals surface area contributed by atoms with Gasteiger partial charge in [-0.3, -0.25) is 4.67 Å². The van der Waals surface area contributed by atoms with E-state index in [1.54, 1.807) is 24.3 Å². The molecule has 4 aromatic carbocycles. The molecule has 4 aromatic rings. The fraction of sp³-hybridized carbons (Fsp3) is 0.143. The Morgan fingerprint density at radius 2 is 1.00 bits per heavy atom. The molecule has 0 N–H and O–H groups in total. The summed E-state index contributed by atoms with van der Waals surface area (Å²) < 4.78 is 32.5. The van der Waals surface area contributed by atoms with E-state index in [0.29, 0.717) is 16.9 Å². The predicted molar refractivity (Wildman–Crippen MR) is 140 cm³/mol. The van der Waals surface area contributed by atoms with E-state index in [0.717, 1.165) is 0 Å². The first-order valence-corrected chi connectivity index (χ1v) is 13.8. The van der Waals surface area contributed by atoms with Crippen LogP contribution in [0.1, 0.15) is 13.8 Å². The highest BCUT2D eigenvalue weighted by atomic mass is 31.1. The molecular weight excluding hydrogens is 450 g/mol. The molecule has 4 rings (SSSR count). The van der Waals surface area contributed by atoms with Gasteiger partial charge in [0.05, 0.1) is 0 Å². The molecule has 0 saturated carbocycles.